The molecule has 0 radical (unpaired) electrons. The van der Waals surface area contributed by atoms with Crippen molar-refractivity contribution < 1.29 is 4.74 Å². The fourth-order valence-corrected chi connectivity index (χ4v) is 1.78. The minimum Gasteiger partial charge on any atom is -0.496 e. The molecule has 4 heteroatoms. The van der Waals surface area contributed by atoms with Crippen LogP contribution in [0.1, 0.15) is 25.1 Å². The van der Waals surface area contributed by atoms with E-state index in [0.29, 0.717) is 0 Å². The molecule has 0 spiro atoms. The lowest BCUT2D eigenvalue weighted by molar-refractivity contribution is 0.215. The van der Waals surface area contributed by atoms with Gasteiger partial charge in [-0.2, -0.15) is 0 Å². The maximum Gasteiger partial charge on any atom is 0.115 e. The Balaban J connectivity index is 2.18. The molecule has 1 atom stereocenters. The molecule has 82 valence electrons. The van der Waals surface area contributed by atoms with Crippen molar-refractivity contribution in [3.8, 4) is 0 Å². The molecule has 1 aliphatic heterocycles. The van der Waals surface area contributed by atoms with Crippen LogP contribution < -0.4 is 5.32 Å². The number of hydrogen-bond acceptors (Lipinski definition) is 3. The van der Waals surface area contributed by atoms with Gasteiger partial charge < -0.3 is 14.6 Å². The maximum absolute atomic E-state index is 5.58. The number of imidazole rings is 1. The Hall–Kier alpha value is -1.29. The molecule has 0 bridgehead atoms. The van der Waals surface area contributed by atoms with E-state index in [1.54, 1.807) is 0 Å². The summed E-state index contributed by atoms with van der Waals surface area (Å²) in [6.45, 7) is 3.79. The summed E-state index contributed by atoms with van der Waals surface area (Å²) in [6, 6.07) is 0.110. The van der Waals surface area contributed by atoms with Crippen molar-refractivity contribution in [2.45, 2.75) is 19.4 Å². The number of nitrogens with one attached hydrogen (secondary N) is 1. The molecule has 0 saturated heterocycles. The standard InChI is InChI=1S/C11H17N3O/c1-3-12-11(10-5-4-6-15-10)9-7-14(2)8-13-9/h5,7-8,11-12H,3-4,6H2,1-2H3. The molecule has 0 amide bonds. The summed E-state index contributed by atoms with van der Waals surface area (Å²) in [5, 5.41) is 3.39. The van der Waals surface area contributed by atoms with Gasteiger partial charge >= 0.3 is 0 Å². The predicted octanol–water partition coefficient (Wildman–Crippen LogP) is 1.37. The SMILES string of the molecule is CCNC(C1=CCCO1)c1cn(C)cn1. The largest absolute Gasteiger partial charge is 0.496 e. The number of nitrogens with zero attached hydrogens (tertiary/aromatic N) is 2. The van der Waals surface area contributed by atoms with Crippen LogP contribution in [0.25, 0.3) is 0 Å². The van der Waals surface area contributed by atoms with E-state index in [1.807, 2.05) is 24.1 Å². The average Bonchev–Trinajstić information content (AvgIpc) is 2.85. The van der Waals surface area contributed by atoms with E-state index in [2.05, 4.69) is 23.3 Å². The van der Waals surface area contributed by atoms with E-state index < -0.39 is 0 Å². The fraction of sp³-hybridized carbons (Fsp3) is 0.545. The Morgan fingerprint density at radius 2 is 2.53 bits per heavy atom. The van der Waals surface area contributed by atoms with Crippen molar-refractivity contribution in [2.75, 3.05) is 13.2 Å². The van der Waals surface area contributed by atoms with Crippen LogP contribution in [0, 0.1) is 0 Å². The van der Waals surface area contributed by atoms with Gasteiger partial charge in [-0.05, 0) is 12.6 Å². The highest BCUT2D eigenvalue weighted by molar-refractivity contribution is 5.18. The van der Waals surface area contributed by atoms with Crippen LogP contribution in [0.3, 0.4) is 0 Å². The lowest BCUT2D eigenvalue weighted by Crippen LogP contribution is -2.23. The third-order valence-electron chi connectivity index (χ3n) is 2.45. The van der Waals surface area contributed by atoms with Crippen molar-refractivity contribution in [3.63, 3.8) is 0 Å². The molecule has 2 heterocycles. The van der Waals surface area contributed by atoms with Gasteiger partial charge in [-0.25, -0.2) is 4.98 Å². The number of ether oxygens (including phenoxy) is 1. The van der Waals surface area contributed by atoms with E-state index in [4.69, 9.17) is 4.74 Å². The van der Waals surface area contributed by atoms with Gasteiger partial charge in [0, 0.05) is 19.7 Å². The van der Waals surface area contributed by atoms with E-state index in [1.165, 1.54) is 0 Å². The molecule has 0 fully saturated rings. The Morgan fingerprint density at radius 1 is 1.67 bits per heavy atom. The zero-order valence-corrected chi connectivity index (χ0v) is 9.23. The maximum atomic E-state index is 5.58. The van der Waals surface area contributed by atoms with Gasteiger partial charge in [-0.3, -0.25) is 0 Å². The first-order valence-electron chi connectivity index (χ1n) is 5.35. The fourth-order valence-electron chi connectivity index (χ4n) is 1.78. The molecular weight excluding hydrogens is 190 g/mol. The van der Waals surface area contributed by atoms with Crippen LogP contribution in [0.15, 0.2) is 24.4 Å². The lowest BCUT2D eigenvalue weighted by Gasteiger charge is -2.16. The molecule has 0 aromatic carbocycles. The van der Waals surface area contributed by atoms with Crippen molar-refractivity contribution in [2.24, 2.45) is 7.05 Å². The molecule has 15 heavy (non-hydrogen) atoms. The summed E-state index contributed by atoms with van der Waals surface area (Å²) >= 11 is 0. The third kappa shape index (κ3) is 2.21. The number of hydrogen-bond donors (Lipinski definition) is 1. The van der Waals surface area contributed by atoms with Crippen LogP contribution in [0.5, 0.6) is 0 Å². The Morgan fingerprint density at radius 3 is 3.07 bits per heavy atom. The summed E-state index contributed by atoms with van der Waals surface area (Å²) in [5.41, 5.74) is 1.02. The van der Waals surface area contributed by atoms with Gasteiger partial charge in [0.25, 0.3) is 0 Å². The second kappa shape index (κ2) is 4.49. The van der Waals surface area contributed by atoms with Crippen molar-refractivity contribution in [3.05, 3.63) is 30.1 Å². The minimum absolute atomic E-state index is 0.110. The van der Waals surface area contributed by atoms with Crippen LogP contribution in [-0.4, -0.2) is 22.7 Å². The molecule has 1 aliphatic rings. The van der Waals surface area contributed by atoms with Gasteiger partial charge in [-0.1, -0.05) is 6.92 Å². The third-order valence-corrected chi connectivity index (χ3v) is 2.45. The van der Waals surface area contributed by atoms with Gasteiger partial charge in [0.2, 0.25) is 0 Å². The van der Waals surface area contributed by atoms with E-state index in [0.717, 1.165) is 31.0 Å². The number of rotatable bonds is 4. The first-order valence-corrected chi connectivity index (χ1v) is 5.35. The second-order valence-corrected chi connectivity index (χ2v) is 3.70. The topological polar surface area (TPSA) is 39.1 Å². The first-order chi connectivity index (χ1) is 7.31. The molecule has 1 unspecified atom stereocenters. The summed E-state index contributed by atoms with van der Waals surface area (Å²) in [4.78, 5) is 4.36. The molecule has 1 aromatic rings. The number of likely N-dealkylation sites (N-methyl/N-ethyl adjacent to an activating group) is 1. The van der Waals surface area contributed by atoms with Crippen molar-refractivity contribution in [1.29, 1.82) is 0 Å². The normalized spacial score (nSPS) is 17.3. The van der Waals surface area contributed by atoms with E-state index >= 15 is 0 Å². The van der Waals surface area contributed by atoms with Crippen LogP contribution in [0.4, 0.5) is 0 Å². The van der Waals surface area contributed by atoms with Crippen LogP contribution in [-0.2, 0) is 11.8 Å². The first kappa shape index (κ1) is 10.2. The Labute approximate surface area is 90.0 Å². The summed E-state index contributed by atoms with van der Waals surface area (Å²) in [7, 11) is 1.98. The second-order valence-electron chi connectivity index (χ2n) is 3.70. The average molecular weight is 207 g/mol. The Bertz CT molecular complexity index is 356. The minimum atomic E-state index is 0.110. The quantitative estimate of drug-likeness (QED) is 0.810. The van der Waals surface area contributed by atoms with Crippen molar-refractivity contribution >= 4 is 0 Å². The molecule has 1 N–H and O–H groups in total. The molecular formula is C11H17N3O. The zero-order chi connectivity index (χ0) is 10.7. The highest BCUT2D eigenvalue weighted by atomic mass is 16.5. The molecule has 4 nitrogen and oxygen atoms in total. The summed E-state index contributed by atoms with van der Waals surface area (Å²) < 4.78 is 7.53. The smallest absolute Gasteiger partial charge is 0.115 e. The van der Waals surface area contributed by atoms with Gasteiger partial charge in [0.1, 0.15) is 11.8 Å². The summed E-state index contributed by atoms with van der Waals surface area (Å²) in [6.07, 6.45) is 6.98. The monoisotopic (exact) mass is 207 g/mol. The highest BCUT2D eigenvalue weighted by Gasteiger charge is 2.21. The molecule has 0 saturated carbocycles. The van der Waals surface area contributed by atoms with Gasteiger partial charge in [0.15, 0.2) is 0 Å². The number of aromatic nitrogens is 2. The summed E-state index contributed by atoms with van der Waals surface area (Å²) in [5.74, 6) is 1.01. The van der Waals surface area contributed by atoms with Gasteiger partial charge in [0.05, 0.1) is 18.6 Å². The predicted molar refractivity (Wildman–Crippen MR) is 58.3 cm³/mol. The van der Waals surface area contributed by atoms with E-state index in [9.17, 15) is 0 Å². The van der Waals surface area contributed by atoms with E-state index in [-0.39, 0.29) is 6.04 Å². The van der Waals surface area contributed by atoms with Crippen LogP contribution in [0.2, 0.25) is 0 Å². The zero-order valence-electron chi connectivity index (χ0n) is 9.23. The van der Waals surface area contributed by atoms with Gasteiger partial charge in [-0.15, -0.1) is 0 Å². The molecule has 2 rings (SSSR count). The molecule has 0 aliphatic carbocycles. The van der Waals surface area contributed by atoms with Crippen molar-refractivity contribution in [1.82, 2.24) is 14.9 Å². The van der Waals surface area contributed by atoms with Crippen LogP contribution >= 0.6 is 0 Å². The lowest BCUT2D eigenvalue weighted by atomic mass is 10.1. The number of aryl methyl sites for hydroxylation is 1. The molecule has 1 aromatic heterocycles. The Kier molecular flexibility index (Phi) is 3.06. The highest BCUT2D eigenvalue weighted by Crippen LogP contribution is 2.24.